The Labute approximate surface area is 141 Å². The van der Waals surface area contributed by atoms with Gasteiger partial charge >= 0.3 is 0 Å². The first-order valence-electron chi connectivity index (χ1n) is 8.83. The quantitative estimate of drug-likeness (QED) is 0.671. The van der Waals surface area contributed by atoms with Crippen LogP contribution in [0.5, 0.6) is 0 Å². The molecule has 2 aliphatic heterocycles. The molecule has 0 radical (unpaired) electrons. The van der Waals surface area contributed by atoms with E-state index in [0.29, 0.717) is 12.1 Å². The minimum absolute atomic E-state index is 0.124. The third-order valence-electron chi connectivity index (χ3n) is 5.41. The number of hydrogen-bond acceptors (Lipinski definition) is 3. The molecule has 0 saturated carbocycles. The second kappa shape index (κ2) is 5.44. The van der Waals surface area contributed by atoms with Crippen molar-refractivity contribution < 1.29 is 4.39 Å². The predicted octanol–water partition coefficient (Wildman–Crippen LogP) is 5.64. The number of hydrogen-bond donors (Lipinski definition) is 0. The number of halogens is 1. The largest absolute Gasteiger partial charge is 0.342 e. The highest BCUT2D eigenvalue weighted by Crippen LogP contribution is 2.42. The first kappa shape index (κ1) is 15.4. The molecular weight excluding hydrogens is 307 g/mol. The topological polar surface area (TPSA) is 16.1 Å². The Balaban J connectivity index is 1.83. The number of piperidine rings is 2. The molecule has 1 aromatic carbocycles. The number of aromatic nitrogens is 1. The summed E-state index contributed by atoms with van der Waals surface area (Å²) >= 11 is 1.75. The van der Waals surface area contributed by atoms with Gasteiger partial charge in [0.15, 0.2) is 5.13 Å². The molecule has 2 nitrogen and oxygen atoms in total. The number of fused-ring (bicyclic) bond motifs is 3. The van der Waals surface area contributed by atoms with Crippen LogP contribution < -0.4 is 4.90 Å². The summed E-state index contributed by atoms with van der Waals surface area (Å²) < 4.78 is 15.6. The summed E-state index contributed by atoms with van der Waals surface area (Å²) in [5.41, 5.74) is 1.41. The van der Waals surface area contributed by atoms with Crippen molar-refractivity contribution in [3.05, 3.63) is 23.5 Å². The van der Waals surface area contributed by atoms with Gasteiger partial charge in [-0.05, 0) is 56.1 Å². The third-order valence-corrected chi connectivity index (χ3v) is 6.44. The molecular formula is C19H25FN2S. The van der Waals surface area contributed by atoms with Gasteiger partial charge in [0.2, 0.25) is 0 Å². The maximum Gasteiger partial charge on any atom is 0.186 e. The van der Waals surface area contributed by atoms with Crippen molar-refractivity contribution in [1.29, 1.82) is 0 Å². The zero-order chi connectivity index (χ0) is 16.2. The molecule has 0 spiro atoms. The van der Waals surface area contributed by atoms with Crippen LogP contribution in [0.3, 0.4) is 0 Å². The van der Waals surface area contributed by atoms with Crippen LogP contribution in [0.15, 0.2) is 12.1 Å². The van der Waals surface area contributed by atoms with Crippen LogP contribution in [0, 0.1) is 5.82 Å². The summed E-state index contributed by atoms with van der Waals surface area (Å²) in [4.78, 5) is 7.52. The summed E-state index contributed by atoms with van der Waals surface area (Å²) in [6.45, 7) is 6.21. The summed E-state index contributed by atoms with van der Waals surface area (Å²) in [6, 6.07) is 4.81. The number of thiazole rings is 1. The van der Waals surface area contributed by atoms with Gasteiger partial charge in [-0.25, -0.2) is 9.37 Å². The van der Waals surface area contributed by atoms with E-state index in [1.165, 1.54) is 38.5 Å². The molecule has 2 fully saturated rings. The van der Waals surface area contributed by atoms with Crippen molar-refractivity contribution in [2.24, 2.45) is 0 Å². The van der Waals surface area contributed by atoms with Gasteiger partial charge in [-0.15, -0.1) is 0 Å². The highest BCUT2D eigenvalue weighted by atomic mass is 32.1. The van der Waals surface area contributed by atoms with Crippen LogP contribution in [-0.2, 0) is 5.41 Å². The number of benzene rings is 1. The molecule has 4 heteroatoms. The Kier molecular flexibility index (Phi) is 3.63. The highest BCUT2D eigenvalue weighted by molar-refractivity contribution is 7.22. The molecule has 2 aromatic rings. The first-order valence-corrected chi connectivity index (χ1v) is 9.64. The number of anilines is 1. The molecule has 0 aliphatic carbocycles. The average molecular weight is 332 g/mol. The van der Waals surface area contributed by atoms with Crippen LogP contribution in [-0.4, -0.2) is 17.1 Å². The van der Waals surface area contributed by atoms with E-state index >= 15 is 0 Å². The van der Waals surface area contributed by atoms with Gasteiger partial charge in [0.1, 0.15) is 5.82 Å². The predicted molar refractivity (Wildman–Crippen MR) is 96.0 cm³/mol. The lowest BCUT2D eigenvalue weighted by Gasteiger charge is -2.46. The lowest BCUT2D eigenvalue weighted by molar-refractivity contribution is 0.296. The van der Waals surface area contributed by atoms with Crippen molar-refractivity contribution in [3.63, 3.8) is 0 Å². The Morgan fingerprint density at radius 1 is 1.09 bits per heavy atom. The maximum absolute atomic E-state index is 14.4. The second-order valence-corrected chi connectivity index (χ2v) is 9.10. The van der Waals surface area contributed by atoms with Crippen LogP contribution >= 0.6 is 11.3 Å². The van der Waals surface area contributed by atoms with Crippen molar-refractivity contribution in [2.75, 3.05) is 4.90 Å². The minimum Gasteiger partial charge on any atom is -0.342 e. The molecule has 2 bridgehead atoms. The molecule has 2 aliphatic rings. The number of nitrogens with zero attached hydrogens (tertiary/aromatic N) is 2. The van der Waals surface area contributed by atoms with Crippen LogP contribution in [0.1, 0.15) is 64.9 Å². The molecule has 4 rings (SSSR count). The summed E-state index contributed by atoms with van der Waals surface area (Å²) in [5.74, 6) is -0.124. The molecule has 0 atom stereocenters. The zero-order valence-electron chi connectivity index (χ0n) is 14.2. The Morgan fingerprint density at radius 3 is 2.26 bits per heavy atom. The number of rotatable bonds is 1. The average Bonchev–Trinajstić information content (AvgIpc) is 2.88. The fourth-order valence-electron chi connectivity index (χ4n) is 4.42. The summed E-state index contributed by atoms with van der Waals surface area (Å²) in [6.07, 6.45) is 7.83. The first-order chi connectivity index (χ1) is 10.9. The van der Waals surface area contributed by atoms with Gasteiger partial charge in [-0.2, -0.15) is 0 Å². The van der Waals surface area contributed by atoms with E-state index in [1.54, 1.807) is 17.4 Å². The van der Waals surface area contributed by atoms with Gasteiger partial charge < -0.3 is 4.90 Å². The minimum atomic E-state index is -0.229. The van der Waals surface area contributed by atoms with E-state index < -0.39 is 0 Å². The van der Waals surface area contributed by atoms with Crippen molar-refractivity contribution in [3.8, 4) is 0 Å². The fourth-order valence-corrected chi connectivity index (χ4v) is 5.53. The lowest BCUT2D eigenvalue weighted by atomic mass is 9.85. The van der Waals surface area contributed by atoms with Gasteiger partial charge in [0.05, 0.1) is 10.2 Å². The van der Waals surface area contributed by atoms with Gasteiger partial charge in [-0.3, -0.25) is 0 Å². The summed E-state index contributed by atoms with van der Waals surface area (Å²) in [5, 5.41) is 1.12. The molecule has 0 N–H and O–H groups in total. The van der Waals surface area contributed by atoms with Crippen molar-refractivity contribution >= 4 is 26.7 Å². The van der Waals surface area contributed by atoms with E-state index in [4.69, 9.17) is 4.98 Å². The van der Waals surface area contributed by atoms with Crippen molar-refractivity contribution in [2.45, 2.75) is 76.8 Å². The smallest absolute Gasteiger partial charge is 0.186 e. The zero-order valence-corrected chi connectivity index (χ0v) is 15.0. The molecule has 1 aromatic heterocycles. The lowest BCUT2D eigenvalue weighted by Crippen LogP contribution is -2.49. The highest BCUT2D eigenvalue weighted by Gasteiger charge is 2.36. The Morgan fingerprint density at radius 2 is 1.70 bits per heavy atom. The fraction of sp³-hybridized carbons (Fsp3) is 0.632. The van der Waals surface area contributed by atoms with Crippen LogP contribution in [0.25, 0.3) is 10.2 Å². The normalized spacial score (nSPS) is 25.1. The van der Waals surface area contributed by atoms with Gasteiger partial charge in [0, 0.05) is 17.6 Å². The van der Waals surface area contributed by atoms with E-state index in [-0.39, 0.29) is 11.2 Å². The maximum atomic E-state index is 14.4. The van der Waals surface area contributed by atoms with E-state index in [1.807, 2.05) is 6.07 Å². The second-order valence-electron chi connectivity index (χ2n) is 8.09. The Hall–Kier alpha value is -1.16. The summed E-state index contributed by atoms with van der Waals surface area (Å²) in [7, 11) is 0. The van der Waals surface area contributed by atoms with Gasteiger partial charge in [-0.1, -0.05) is 32.1 Å². The van der Waals surface area contributed by atoms with Crippen molar-refractivity contribution in [1.82, 2.24) is 4.98 Å². The Bertz CT molecular complexity index is 709. The van der Waals surface area contributed by atoms with E-state index in [2.05, 4.69) is 25.7 Å². The molecule has 0 amide bonds. The molecule has 2 saturated heterocycles. The molecule has 0 unspecified atom stereocenters. The third kappa shape index (κ3) is 2.55. The van der Waals surface area contributed by atoms with Gasteiger partial charge in [0.25, 0.3) is 0 Å². The van der Waals surface area contributed by atoms with E-state index in [9.17, 15) is 4.39 Å². The monoisotopic (exact) mass is 332 g/mol. The molecule has 23 heavy (non-hydrogen) atoms. The van der Waals surface area contributed by atoms with Crippen LogP contribution in [0.4, 0.5) is 9.52 Å². The van der Waals surface area contributed by atoms with Crippen LogP contribution in [0.2, 0.25) is 0 Å². The molecule has 124 valence electrons. The van der Waals surface area contributed by atoms with E-state index in [0.717, 1.165) is 20.9 Å². The molecule has 3 heterocycles. The SMILES string of the molecule is CC(C)(C)c1c(F)ccc2sc(N3[C@H]4CCC[C@@H]3CCC4)nc12. The standard InChI is InChI=1S/C19H25FN2S/c1-19(2,3)16-14(20)10-11-15-17(16)21-18(23-15)22-12-6-4-7-13(22)9-5-8-12/h10-13H,4-9H2,1-3H3/t12-,13+.